The highest BCUT2D eigenvalue weighted by molar-refractivity contribution is 5.96. The fourth-order valence-corrected chi connectivity index (χ4v) is 1.84. The van der Waals surface area contributed by atoms with Crippen LogP contribution in [0.1, 0.15) is 50.4 Å². The first-order chi connectivity index (χ1) is 8.52. The Bertz CT molecular complexity index is 388. The Morgan fingerprint density at radius 1 is 1.39 bits per heavy atom. The number of nitrogens with two attached hydrogens (primary N) is 1. The summed E-state index contributed by atoms with van der Waals surface area (Å²) in [5.74, 6) is 0.824. The lowest BCUT2D eigenvalue weighted by atomic mass is 10.0. The molecule has 18 heavy (non-hydrogen) atoms. The molecule has 100 valence electrons. The minimum atomic E-state index is -0.0443. The molecule has 1 atom stereocenters. The van der Waals surface area contributed by atoms with Crippen molar-refractivity contribution in [3.8, 4) is 5.75 Å². The van der Waals surface area contributed by atoms with Crippen LogP contribution in [0.25, 0.3) is 0 Å². The summed E-state index contributed by atoms with van der Waals surface area (Å²) < 4.78 is 5.57. The zero-order chi connectivity index (χ0) is 13.5. The van der Waals surface area contributed by atoms with E-state index in [9.17, 15) is 4.79 Å². The van der Waals surface area contributed by atoms with Gasteiger partial charge < -0.3 is 10.5 Å². The summed E-state index contributed by atoms with van der Waals surface area (Å²) in [4.78, 5) is 12.0. The van der Waals surface area contributed by atoms with Crippen molar-refractivity contribution >= 4 is 5.78 Å². The largest absolute Gasteiger partial charge is 0.491 e. The van der Waals surface area contributed by atoms with Gasteiger partial charge in [-0.3, -0.25) is 4.79 Å². The maximum atomic E-state index is 12.0. The molecule has 1 aromatic carbocycles. The van der Waals surface area contributed by atoms with Crippen molar-refractivity contribution in [1.82, 2.24) is 0 Å². The van der Waals surface area contributed by atoms with Crippen LogP contribution in [0.2, 0.25) is 0 Å². The number of hydrogen-bond acceptors (Lipinski definition) is 3. The van der Waals surface area contributed by atoms with E-state index in [0.717, 1.165) is 18.6 Å². The van der Waals surface area contributed by atoms with Crippen molar-refractivity contribution < 1.29 is 9.53 Å². The molecule has 0 aliphatic carbocycles. The molecule has 0 radical (unpaired) electrons. The number of Topliss-reactive ketones (excluding diaryl/α,β-unsaturated/α-hetero) is 1. The van der Waals surface area contributed by atoms with Crippen molar-refractivity contribution in [1.29, 1.82) is 0 Å². The van der Waals surface area contributed by atoms with Crippen LogP contribution in [0.4, 0.5) is 0 Å². The lowest BCUT2D eigenvalue weighted by Crippen LogP contribution is -2.23. The third-order valence-electron chi connectivity index (χ3n) is 2.63. The minimum absolute atomic E-state index is 0.0443. The molecule has 0 aliphatic heterocycles. The van der Waals surface area contributed by atoms with Gasteiger partial charge in [0, 0.05) is 18.0 Å². The molecule has 0 saturated carbocycles. The summed E-state index contributed by atoms with van der Waals surface area (Å²) in [5, 5.41) is 0. The third kappa shape index (κ3) is 4.88. The monoisotopic (exact) mass is 249 g/mol. The van der Waals surface area contributed by atoms with Gasteiger partial charge in [-0.15, -0.1) is 0 Å². The third-order valence-corrected chi connectivity index (χ3v) is 2.63. The van der Waals surface area contributed by atoms with Crippen molar-refractivity contribution in [2.45, 2.75) is 52.2 Å². The van der Waals surface area contributed by atoms with Crippen molar-refractivity contribution in [3.63, 3.8) is 0 Å². The summed E-state index contributed by atoms with van der Waals surface area (Å²) in [6.45, 7) is 6.00. The second-order valence-electron chi connectivity index (χ2n) is 4.87. The van der Waals surface area contributed by atoms with Crippen LogP contribution in [-0.4, -0.2) is 17.9 Å². The summed E-state index contributed by atoms with van der Waals surface area (Å²) in [6, 6.07) is 7.27. The van der Waals surface area contributed by atoms with E-state index in [4.69, 9.17) is 10.5 Å². The Kier molecular flexibility index (Phi) is 5.86. The Morgan fingerprint density at radius 3 is 2.72 bits per heavy atom. The average molecular weight is 249 g/mol. The Morgan fingerprint density at radius 2 is 2.11 bits per heavy atom. The zero-order valence-corrected chi connectivity index (χ0v) is 11.5. The number of ketones is 1. The lowest BCUT2D eigenvalue weighted by molar-refractivity contribution is 0.0972. The van der Waals surface area contributed by atoms with Crippen molar-refractivity contribution in [2.75, 3.05) is 0 Å². The predicted octanol–water partition coefficient (Wildman–Crippen LogP) is 3.17. The molecule has 0 spiro atoms. The quantitative estimate of drug-likeness (QED) is 0.755. The SMILES string of the molecule is CCCC(N)CC(=O)c1cccc(OC(C)C)c1. The molecule has 1 aromatic rings. The van der Waals surface area contributed by atoms with Crippen molar-refractivity contribution in [2.24, 2.45) is 5.73 Å². The van der Waals surface area contributed by atoms with Crippen LogP contribution >= 0.6 is 0 Å². The molecule has 2 N–H and O–H groups in total. The number of benzene rings is 1. The van der Waals surface area contributed by atoms with Crippen LogP contribution in [0.15, 0.2) is 24.3 Å². The lowest BCUT2D eigenvalue weighted by Gasteiger charge is -2.12. The molecule has 3 heteroatoms. The summed E-state index contributed by atoms with van der Waals surface area (Å²) >= 11 is 0. The average Bonchev–Trinajstić information content (AvgIpc) is 2.28. The van der Waals surface area contributed by atoms with Crippen LogP contribution in [0, 0.1) is 0 Å². The van der Waals surface area contributed by atoms with Gasteiger partial charge in [0.25, 0.3) is 0 Å². The molecule has 0 aromatic heterocycles. The molecule has 0 fully saturated rings. The van der Waals surface area contributed by atoms with Crippen LogP contribution in [0.5, 0.6) is 5.75 Å². The van der Waals surface area contributed by atoms with Gasteiger partial charge in [-0.2, -0.15) is 0 Å². The van der Waals surface area contributed by atoms with Crippen molar-refractivity contribution in [3.05, 3.63) is 29.8 Å². The van der Waals surface area contributed by atoms with Gasteiger partial charge in [0.05, 0.1) is 6.10 Å². The fraction of sp³-hybridized carbons (Fsp3) is 0.533. The molecule has 0 aliphatic rings. The van der Waals surface area contributed by atoms with E-state index in [1.165, 1.54) is 0 Å². The molecule has 3 nitrogen and oxygen atoms in total. The standard InChI is InChI=1S/C15H23NO2/c1-4-6-13(16)10-15(17)12-7-5-8-14(9-12)18-11(2)3/h5,7-9,11,13H,4,6,10,16H2,1-3H3. The Balaban J connectivity index is 2.68. The maximum Gasteiger partial charge on any atom is 0.164 e. The topological polar surface area (TPSA) is 52.3 Å². The van der Waals surface area contributed by atoms with E-state index >= 15 is 0 Å². The number of ether oxygens (including phenoxy) is 1. The molecular weight excluding hydrogens is 226 g/mol. The van der Waals surface area contributed by atoms with Crippen LogP contribution in [0.3, 0.4) is 0 Å². The summed E-state index contributed by atoms with van der Waals surface area (Å²) in [6.07, 6.45) is 2.40. The van der Waals surface area contributed by atoms with Crippen LogP contribution < -0.4 is 10.5 Å². The fourth-order valence-electron chi connectivity index (χ4n) is 1.84. The van der Waals surface area contributed by atoms with Gasteiger partial charge in [0.2, 0.25) is 0 Å². The van der Waals surface area contributed by atoms with Crippen LogP contribution in [-0.2, 0) is 0 Å². The number of carbonyl (C=O) groups excluding carboxylic acids is 1. The first-order valence-corrected chi connectivity index (χ1v) is 6.58. The molecule has 0 heterocycles. The Hall–Kier alpha value is -1.35. The van der Waals surface area contributed by atoms with E-state index in [-0.39, 0.29) is 17.9 Å². The highest BCUT2D eigenvalue weighted by atomic mass is 16.5. The first-order valence-electron chi connectivity index (χ1n) is 6.58. The molecule has 0 saturated heterocycles. The van der Waals surface area contributed by atoms with Gasteiger partial charge in [0.1, 0.15) is 5.75 Å². The second kappa shape index (κ2) is 7.17. The van der Waals surface area contributed by atoms with Gasteiger partial charge >= 0.3 is 0 Å². The predicted molar refractivity (Wildman–Crippen MR) is 74.0 cm³/mol. The summed E-state index contributed by atoms with van der Waals surface area (Å²) in [5.41, 5.74) is 6.57. The molecule has 1 unspecified atom stereocenters. The molecule has 0 amide bonds. The normalized spacial score (nSPS) is 12.5. The van der Waals surface area contributed by atoms with E-state index in [1.54, 1.807) is 6.07 Å². The number of rotatable bonds is 7. The molecular formula is C15H23NO2. The second-order valence-corrected chi connectivity index (χ2v) is 4.87. The van der Waals surface area contributed by atoms with Gasteiger partial charge in [-0.25, -0.2) is 0 Å². The van der Waals surface area contributed by atoms with E-state index < -0.39 is 0 Å². The Labute approximate surface area is 109 Å². The highest BCUT2D eigenvalue weighted by Crippen LogP contribution is 2.17. The first kappa shape index (κ1) is 14.7. The van der Waals surface area contributed by atoms with E-state index in [0.29, 0.717) is 12.0 Å². The zero-order valence-electron chi connectivity index (χ0n) is 11.5. The molecule has 0 bridgehead atoms. The van der Waals surface area contributed by atoms with Gasteiger partial charge in [-0.05, 0) is 32.4 Å². The minimum Gasteiger partial charge on any atom is -0.491 e. The van der Waals surface area contributed by atoms with E-state index in [1.807, 2.05) is 32.0 Å². The van der Waals surface area contributed by atoms with Gasteiger partial charge in [0.15, 0.2) is 5.78 Å². The highest BCUT2D eigenvalue weighted by Gasteiger charge is 2.12. The molecule has 1 rings (SSSR count). The number of hydrogen-bond donors (Lipinski definition) is 1. The maximum absolute atomic E-state index is 12.0. The smallest absolute Gasteiger partial charge is 0.164 e. The number of carbonyl (C=O) groups is 1. The summed E-state index contributed by atoms with van der Waals surface area (Å²) in [7, 11) is 0. The van der Waals surface area contributed by atoms with E-state index in [2.05, 4.69) is 6.92 Å². The van der Waals surface area contributed by atoms with Gasteiger partial charge in [-0.1, -0.05) is 25.5 Å².